The van der Waals surface area contributed by atoms with E-state index in [0.717, 1.165) is 24.5 Å². The Labute approximate surface area is 124 Å². The first-order valence-electron chi connectivity index (χ1n) is 6.91. The summed E-state index contributed by atoms with van der Waals surface area (Å²) in [7, 11) is 0. The van der Waals surface area contributed by atoms with E-state index in [-0.39, 0.29) is 0 Å². The molecule has 0 bridgehead atoms. The summed E-state index contributed by atoms with van der Waals surface area (Å²) in [6, 6.07) is 8.82. The average molecular weight is 291 g/mol. The van der Waals surface area contributed by atoms with Crippen LogP contribution in [0.3, 0.4) is 0 Å². The fraction of sp³-hybridized carbons (Fsp3) is 0.467. The van der Waals surface area contributed by atoms with E-state index in [0.29, 0.717) is 11.9 Å². The van der Waals surface area contributed by atoms with Gasteiger partial charge in [0, 0.05) is 17.4 Å². The minimum Gasteiger partial charge on any atom is -0.339 e. The lowest BCUT2D eigenvalue weighted by atomic mass is 10.2. The average Bonchev–Trinajstić information content (AvgIpc) is 2.86. The van der Waals surface area contributed by atoms with Gasteiger partial charge in [-0.1, -0.05) is 29.8 Å². The summed E-state index contributed by atoms with van der Waals surface area (Å²) in [6.45, 7) is 7.25. The van der Waals surface area contributed by atoms with Crippen molar-refractivity contribution < 1.29 is 4.52 Å². The molecule has 0 aliphatic rings. The van der Waals surface area contributed by atoms with Crippen LogP contribution in [-0.2, 0) is 12.2 Å². The standard InChI is InChI=1S/C15H21N3OS/c1-4-16-12(3)9-15-17-14(18-19-15)10-20-13-7-5-11(2)6-8-13/h5-8,12,16H,4,9-10H2,1-3H3. The molecule has 0 spiro atoms. The first-order chi connectivity index (χ1) is 9.67. The lowest BCUT2D eigenvalue weighted by Gasteiger charge is -2.07. The van der Waals surface area contributed by atoms with Crippen molar-refractivity contribution in [2.24, 2.45) is 0 Å². The van der Waals surface area contributed by atoms with E-state index in [4.69, 9.17) is 4.52 Å². The Kier molecular flexibility index (Phi) is 5.61. The molecule has 1 unspecified atom stereocenters. The summed E-state index contributed by atoms with van der Waals surface area (Å²) in [5.41, 5.74) is 1.27. The van der Waals surface area contributed by atoms with Gasteiger partial charge in [0.05, 0.1) is 5.75 Å². The predicted molar refractivity (Wildman–Crippen MR) is 81.9 cm³/mol. The predicted octanol–water partition coefficient (Wildman–Crippen LogP) is 3.21. The first-order valence-corrected chi connectivity index (χ1v) is 7.90. The normalized spacial score (nSPS) is 12.6. The van der Waals surface area contributed by atoms with Gasteiger partial charge in [-0.3, -0.25) is 0 Å². The van der Waals surface area contributed by atoms with E-state index in [2.05, 4.69) is 60.5 Å². The topological polar surface area (TPSA) is 51.0 Å². The minimum atomic E-state index is 0.359. The number of nitrogens with zero attached hydrogens (tertiary/aromatic N) is 2. The second-order valence-electron chi connectivity index (χ2n) is 4.87. The van der Waals surface area contributed by atoms with Crippen molar-refractivity contribution in [2.75, 3.05) is 6.54 Å². The molecule has 5 heteroatoms. The molecule has 1 atom stereocenters. The molecule has 0 radical (unpaired) electrons. The molecule has 2 aromatic rings. The van der Waals surface area contributed by atoms with Crippen LogP contribution in [0.15, 0.2) is 33.7 Å². The molecule has 0 aliphatic carbocycles. The molecule has 0 saturated carbocycles. The smallest absolute Gasteiger partial charge is 0.228 e. The number of hydrogen-bond donors (Lipinski definition) is 1. The third-order valence-corrected chi connectivity index (χ3v) is 3.94. The zero-order chi connectivity index (χ0) is 14.4. The summed E-state index contributed by atoms with van der Waals surface area (Å²) in [5.74, 6) is 2.20. The number of nitrogens with one attached hydrogen (secondary N) is 1. The van der Waals surface area contributed by atoms with Crippen LogP contribution in [0.2, 0.25) is 0 Å². The zero-order valence-electron chi connectivity index (χ0n) is 12.2. The molecule has 1 N–H and O–H groups in total. The van der Waals surface area contributed by atoms with E-state index >= 15 is 0 Å². The fourth-order valence-electron chi connectivity index (χ4n) is 1.90. The molecule has 1 heterocycles. The van der Waals surface area contributed by atoms with Gasteiger partial charge in [-0.15, -0.1) is 11.8 Å². The number of thioether (sulfide) groups is 1. The lowest BCUT2D eigenvalue weighted by Crippen LogP contribution is -2.27. The Bertz CT molecular complexity index is 524. The maximum Gasteiger partial charge on any atom is 0.228 e. The molecule has 0 amide bonds. The summed E-state index contributed by atoms with van der Waals surface area (Å²) in [4.78, 5) is 5.65. The van der Waals surface area contributed by atoms with Gasteiger partial charge in [0.1, 0.15) is 0 Å². The second kappa shape index (κ2) is 7.45. The summed E-state index contributed by atoms with van der Waals surface area (Å²) in [5, 5.41) is 7.36. The van der Waals surface area contributed by atoms with E-state index in [1.54, 1.807) is 11.8 Å². The molecule has 108 valence electrons. The van der Waals surface area contributed by atoms with E-state index in [1.165, 1.54) is 10.5 Å². The molecule has 0 fully saturated rings. The number of hydrogen-bond acceptors (Lipinski definition) is 5. The molecule has 1 aromatic carbocycles. The van der Waals surface area contributed by atoms with Crippen molar-refractivity contribution in [3.63, 3.8) is 0 Å². The largest absolute Gasteiger partial charge is 0.339 e. The van der Waals surface area contributed by atoms with Crippen molar-refractivity contribution >= 4 is 11.8 Å². The lowest BCUT2D eigenvalue weighted by molar-refractivity contribution is 0.359. The van der Waals surface area contributed by atoms with Crippen molar-refractivity contribution in [1.29, 1.82) is 0 Å². The van der Waals surface area contributed by atoms with Crippen LogP contribution in [0, 0.1) is 6.92 Å². The van der Waals surface area contributed by atoms with Crippen molar-refractivity contribution in [3.05, 3.63) is 41.5 Å². The number of aryl methyl sites for hydroxylation is 1. The second-order valence-corrected chi connectivity index (χ2v) is 5.92. The highest BCUT2D eigenvalue weighted by Gasteiger charge is 2.10. The van der Waals surface area contributed by atoms with Crippen LogP contribution in [0.1, 0.15) is 31.1 Å². The van der Waals surface area contributed by atoms with Gasteiger partial charge in [-0.25, -0.2) is 0 Å². The highest BCUT2D eigenvalue weighted by atomic mass is 32.2. The van der Waals surface area contributed by atoms with Gasteiger partial charge in [0.25, 0.3) is 0 Å². The Balaban J connectivity index is 1.85. The maximum absolute atomic E-state index is 5.27. The van der Waals surface area contributed by atoms with Crippen LogP contribution in [-0.4, -0.2) is 22.7 Å². The van der Waals surface area contributed by atoms with Gasteiger partial charge < -0.3 is 9.84 Å². The zero-order valence-corrected chi connectivity index (χ0v) is 13.0. The van der Waals surface area contributed by atoms with Crippen molar-refractivity contribution in [2.45, 2.75) is 43.9 Å². The molecular weight excluding hydrogens is 270 g/mol. The Hall–Kier alpha value is -1.33. The van der Waals surface area contributed by atoms with Crippen LogP contribution < -0.4 is 5.32 Å². The fourth-order valence-corrected chi connectivity index (χ4v) is 2.64. The van der Waals surface area contributed by atoms with E-state index in [9.17, 15) is 0 Å². The number of benzene rings is 1. The summed E-state index contributed by atoms with van der Waals surface area (Å²) < 4.78 is 5.27. The van der Waals surface area contributed by atoms with Gasteiger partial charge in [-0.2, -0.15) is 4.98 Å². The number of aromatic nitrogens is 2. The van der Waals surface area contributed by atoms with Crippen LogP contribution >= 0.6 is 11.8 Å². The SMILES string of the molecule is CCNC(C)Cc1nc(CSc2ccc(C)cc2)no1. The van der Waals surface area contributed by atoms with Gasteiger partial charge in [-0.05, 0) is 32.5 Å². The summed E-state index contributed by atoms with van der Waals surface area (Å²) >= 11 is 1.72. The number of rotatable bonds is 7. The van der Waals surface area contributed by atoms with Gasteiger partial charge in [0.15, 0.2) is 5.82 Å². The third-order valence-electron chi connectivity index (χ3n) is 2.93. The van der Waals surface area contributed by atoms with Crippen LogP contribution in [0.25, 0.3) is 0 Å². The molecule has 1 aromatic heterocycles. The molecule has 0 saturated heterocycles. The number of likely N-dealkylation sites (N-methyl/N-ethyl adjacent to an activating group) is 1. The Morgan fingerprint density at radius 2 is 2.05 bits per heavy atom. The quantitative estimate of drug-likeness (QED) is 0.794. The van der Waals surface area contributed by atoms with Crippen molar-refractivity contribution in [3.8, 4) is 0 Å². The minimum absolute atomic E-state index is 0.359. The van der Waals surface area contributed by atoms with Crippen molar-refractivity contribution in [1.82, 2.24) is 15.5 Å². The van der Waals surface area contributed by atoms with E-state index < -0.39 is 0 Å². The van der Waals surface area contributed by atoms with Gasteiger partial charge in [0.2, 0.25) is 5.89 Å². The van der Waals surface area contributed by atoms with Gasteiger partial charge >= 0.3 is 0 Å². The van der Waals surface area contributed by atoms with E-state index in [1.807, 2.05) is 0 Å². The monoisotopic (exact) mass is 291 g/mol. The molecule has 2 rings (SSSR count). The van der Waals surface area contributed by atoms with Crippen LogP contribution in [0.5, 0.6) is 0 Å². The highest BCUT2D eigenvalue weighted by Crippen LogP contribution is 2.21. The Morgan fingerprint density at radius 3 is 2.75 bits per heavy atom. The molecule has 4 nitrogen and oxygen atoms in total. The molecule has 0 aliphatic heterocycles. The third kappa shape index (κ3) is 4.65. The maximum atomic E-state index is 5.27. The first kappa shape index (κ1) is 15.1. The summed E-state index contributed by atoms with van der Waals surface area (Å²) in [6.07, 6.45) is 0.774. The molecule has 20 heavy (non-hydrogen) atoms. The highest BCUT2D eigenvalue weighted by molar-refractivity contribution is 7.98. The molecular formula is C15H21N3OS. The Morgan fingerprint density at radius 1 is 1.30 bits per heavy atom. The van der Waals surface area contributed by atoms with Crippen LogP contribution in [0.4, 0.5) is 0 Å².